The smallest absolute Gasteiger partial charge is 0.231 e. The van der Waals surface area contributed by atoms with E-state index >= 15 is 0 Å². The molecule has 2 aliphatic rings. The highest BCUT2D eigenvalue weighted by Gasteiger charge is 2.29. The maximum absolute atomic E-state index is 12.0. The summed E-state index contributed by atoms with van der Waals surface area (Å²) in [6.07, 6.45) is 2.89. The van der Waals surface area contributed by atoms with Crippen molar-refractivity contribution in [2.45, 2.75) is 31.8 Å². The van der Waals surface area contributed by atoms with Crippen molar-refractivity contribution in [3.05, 3.63) is 23.8 Å². The largest absolute Gasteiger partial charge is 0.454 e. The second-order valence-electron chi connectivity index (χ2n) is 5.11. The van der Waals surface area contributed by atoms with Crippen LogP contribution in [0.4, 0.5) is 0 Å². The van der Waals surface area contributed by atoms with Crippen molar-refractivity contribution in [1.29, 1.82) is 0 Å². The SMILES string of the molecule is Cl.NC1CCCC1C(=O)NCc1ccc2c(c1)OCO2. The number of rotatable bonds is 3. The number of fused-ring (bicyclic) bond motifs is 1. The lowest BCUT2D eigenvalue weighted by atomic mass is 10.0. The second kappa shape index (κ2) is 6.33. The van der Waals surface area contributed by atoms with Gasteiger partial charge in [-0.05, 0) is 30.5 Å². The number of hydrogen-bond donors (Lipinski definition) is 2. The molecule has 1 amide bonds. The molecule has 110 valence electrons. The number of nitrogens with two attached hydrogens (primary N) is 1. The lowest BCUT2D eigenvalue weighted by Crippen LogP contribution is -2.38. The van der Waals surface area contributed by atoms with Gasteiger partial charge in [-0.1, -0.05) is 12.5 Å². The molecule has 1 aliphatic carbocycles. The predicted octanol–water partition coefficient (Wildman–Crippen LogP) is 1.58. The van der Waals surface area contributed by atoms with Crippen molar-refractivity contribution in [3.63, 3.8) is 0 Å². The van der Waals surface area contributed by atoms with Crippen molar-refractivity contribution in [2.24, 2.45) is 11.7 Å². The zero-order chi connectivity index (χ0) is 13.2. The van der Waals surface area contributed by atoms with E-state index in [1.807, 2.05) is 18.2 Å². The van der Waals surface area contributed by atoms with Crippen molar-refractivity contribution in [2.75, 3.05) is 6.79 Å². The van der Waals surface area contributed by atoms with Crippen molar-refractivity contribution < 1.29 is 14.3 Å². The Morgan fingerprint density at radius 3 is 2.85 bits per heavy atom. The summed E-state index contributed by atoms with van der Waals surface area (Å²) in [4.78, 5) is 12.0. The summed E-state index contributed by atoms with van der Waals surface area (Å²) in [5.74, 6) is 1.52. The van der Waals surface area contributed by atoms with Crippen LogP contribution in [-0.4, -0.2) is 18.7 Å². The lowest BCUT2D eigenvalue weighted by molar-refractivity contribution is -0.125. The van der Waals surface area contributed by atoms with Crippen molar-refractivity contribution in [3.8, 4) is 11.5 Å². The molecule has 2 unspecified atom stereocenters. The van der Waals surface area contributed by atoms with Gasteiger partial charge in [0.05, 0.1) is 5.92 Å². The Morgan fingerprint density at radius 2 is 2.10 bits per heavy atom. The molecular weight excluding hydrogens is 280 g/mol. The molecule has 1 saturated carbocycles. The van der Waals surface area contributed by atoms with Crippen molar-refractivity contribution >= 4 is 18.3 Å². The number of carbonyl (C=O) groups is 1. The third kappa shape index (κ3) is 2.99. The fourth-order valence-electron chi connectivity index (χ4n) is 2.69. The Balaban J connectivity index is 0.00000147. The Bertz CT molecular complexity index is 495. The quantitative estimate of drug-likeness (QED) is 0.888. The standard InChI is InChI=1S/C14H18N2O3.ClH/c15-11-3-1-2-10(11)14(17)16-7-9-4-5-12-13(6-9)19-8-18-12;/h4-6,10-11H,1-3,7-8,15H2,(H,16,17);1H. The number of carbonyl (C=O) groups excluding carboxylic acids is 1. The number of hydrogen-bond acceptors (Lipinski definition) is 4. The van der Waals surface area contributed by atoms with Gasteiger partial charge in [0.15, 0.2) is 11.5 Å². The molecule has 5 nitrogen and oxygen atoms in total. The Labute approximate surface area is 124 Å². The average molecular weight is 299 g/mol. The number of amides is 1. The molecule has 0 spiro atoms. The first kappa shape index (κ1) is 14.9. The van der Waals surface area contributed by atoms with Crippen LogP contribution >= 0.6 is 12.4 Å². The molecule has 2 atom stereocenters. The molecule has 3 rings (SSSR count). The van der Waals surface area contributed by atoms with Gasteiger partial charge in [0.1, 0.15) is 0 Å². The first-order valence-corrected chi connectivity index (χ1v) is 6.66. The highest BCUT2D eigenvalue weighted by molar-refractivity contribution is 5.85. The molecule has 0 saturated heterocycles. The van der Waals surface area contributed by atoms with E-state index in [0.29, 0.717) is 6.54 Å². The van der Waals surface area contributed by atoms with E-state index in [0.717, 1.165) is 36.3 Å². The molecule has 1 heterocycles. The minimum absolute atomic E-state index is 0. The van der Waals surface area contributed by atoms with Gasteiger partial charge in [-0.25, -0.2) is 0 Å². The second-order valence-corrected chi connectivity index (χ2v) is 5.11. The van der Waals surface area contributed by atoms with Crippen LogP contribution in [0, 0.1) is 5.92 Å². The van der Waals surface area contributed by atoms with Gasteiger partial charge in [0.2, 0.25) is 12.7 Å². The van der Waals surface area contributed by atoms with Crippen LogP contribution in [0.2, 0.25) is 0 Å². The minimum atomic E-state index is -0.0333. The summed E-state index contributed by atoms with van der Waals surface area (Å²) in [6.45, 7) is 0.765. The Morgan fingerprint density at radius 1 is 1.30 bits per heavy atom. The van der Waals surface area contributed by atoms with Crippen LogP contribution < -0.4 is 20.5 Å². The zero-order valence-corrected chi connectivity index (χ0v) is 11.9. The highest BCUT2D eigenvalue weighted by atomic mass is 35.5. The summed E-state index contributed by atoms with van der Waals surface area (Å²) >= 11 is 0. The summed E-state index contributed by atoms with van der Waals surface area (Å²) in [6, 6.07) is 5.71. The number of benzene rings is 1. The predicted molar refractivity (Wildman–Crippen MR) is 77.0 cm³/mol. The van der Waals surface area contributed by atoms with E-state index in [9.17, 15) is 4.79 Å². The molecule has 6 heteroatoms. The van der Waals surface area contributed by atoms with Gasteiger partial charge in [-0.3, -0.25) is 4.79 Å². The summed E-state index contributed by atoms with van der Waals surface area (Å²) in [5, 5.41) is 2.95. The van der Waals surface area contributed by atoms with Crippen LogP contribution in [0.25, 0.3) is 0 Å². The molecular formula is C14H19ClN2O3. The topological polar surface area (TPSA) is 73.6 Å². The van der Waals surface area contributed by atoms with Crippen LogP contribution in [0.5, 0.6) is 11.5 Å². The van der Waals surface area contributed by atoms with Crippen LogP contribution in [0.15, 0.2) is 18.2 Å². The van der Waals surface area contributed by atoms with Crippen LogP contribution in [0.1, 0.15) is 24.8 Å². The number of ether oxygens (including phenoxy) is 2. The van der Waals surface area contributed by atoms with E-state index < -0.39 is 0 Å². The van der Waals surface area contributed by atoms with E-state index in [1.165, 1.54) is 0 Å². The van der Waals surface area contributed by atoms with E-state index in [4.69, 9.17) is 15.2 Å². The fourth-order valence-corrected chi connectivity index (χ4v) is 2.69. The molecule has 1 aromatic rings. The van der Waals surface area contributed by atoms with Gasteiger partial charge < -0.3 is 20.5 Å². The maximum atomic E-state index is 12.0. The van der Waals surface area contributed by atoms with Crippen LogP contribution in [0.3, 0.4) is 0 Å². The summed E-state index contributed by atoms with van der Waals surface area (Å²) < 4.78 is 10.6. The first-order valence-electron chi connectivity index (χ1n) is 6.66. The molecule has 1 fully saturated rings. The van der Waals surface area contributed by atoms with Gasteiger partial charge in [-0.2, -0.15) is 0 Å². The molecule has 0 radical (unpaired) electrons. The molecule has 0 aromatic heterocycles. The van der Waals surface area contributed by atoms with E-state index in [1.54, 1.807) is 0 Å². The van der Waals surface area contributed by atoms with E-state index in [2.05, 4.69) is 5.32 Å². The van der Waals surface area contributed by atoms with Gasteiger partial charge >= 0.3 is 0 Å². The third-order valence-electron chi connectivity index (χ3n) is 3.81. The summed E-state index contributed by atoms with van der Waals surface area (Å²) in [7, 11) is 0. The molecule has 20 heavy (non-hydrogen) atoms. The molecule has 0 bridgehead atoms. The average Bonchev–Trinajstić information content (AvgIpc) is 3.03. The molecule has 1 aromatic carbocycles. The maximum Gasteiger partial charge on any atom is 0.231 e. The van der Waals surface area contributed by atoms with Gasteiger partial charge in [0.25, 0.3) is 0 Å². The number of halogens is 1. The van der Waals surface area contributed by atoms with Gasteiger partial charge in [-0.15, -0.1) is 12.4 Å². The van der Waals surface area contributed by atoms with Gasteiger partial charge in [0, 0.05) is 12.6 Å². The minimum Gasteiger partial charge on any atom is -0.454 e. The third-order valence-corrected chi connectivity index (χ3v) is 3.81. The summed E-state index contributed by atoms with van der Waals surface area (Å²) in [5.41, 5.74) is 6.93. The van der Waals surface area contributed by atoms with Crippen LogP contribution in [-0.2, 0) is 11.3 Å². The van der Waals surface area contributed by atoms with Crippen molar-refractivity contribution in [1.82, 2.24) is 5.32 Å². The monoisotopic (exact) mass is 298 g/mol. The fraction of sp³-hybridized carbons (Fsp3) is 0.500. The number of nitrogens with one attached hydrogen (secondary N) is 1. The molecule has 1 aliphatic heterocycles. The highest BCUT2D eigenvalue weighted by Crippen LogP contribution is 2.32. The zero-order valence-electron chi connectivity index (χ0n) is 11.1. The first-order chi connectivity index (χ1) is 9.24. The lowest BCUT2D eigenvalue weighted by Gasteiger charge is -2.15. The molecule has 3 N–H and O–H groups in total. The Kier molecular flexibility index (Phi) is 4.73. The van der Waals surface area contributed by atoms with E-state index in [-0.39, 0.29) is 37.1 Å². The normalized spacial score (nSPS) is 23.2. The Hall–Kier alpha value is -1.46.